The monoisotopic (exact) mass is 300 g/mol. The van der Waals surface area contributed by atoms with Gasteiger partial charge in [-0.25, -0.2) is 9.18 Å². The van der Waals surface area contributed by atoms with E-state index in [4.69, 9.17) is 16.7 Å². The van der Waals surface area contributed by atoms with Crippen molar-refractivity contribution in [2.45, 2.75) is 13.0 Å². The number of rotatable bonds is 3. The van der Waals surface area contributed by atoms with Crippen LogP contribution in [0.3, 0.4) is 0 Å². The quantitative estimate of drug-likeness (QED) is 0.898. The Morgan fingerprint density at radius 1 is 1.50 bits per heavy atom. The summed E-state index contributed by atoms with van der Waals surface area (Å²) in [5.74, 6) is -1.89. The number of amides is 2. The number of benzene rings is 1. The van der Waals surface area contributed by atoms with E-state index in [1.165, 1.54) is 23.1 Å². The zero-order valence-corrected chi connectivity index (χ0v) is 11.4. The molecule has 0 radical (unpaired) electrons. The van der Waals surface area contributed by atoms with Crippen LogP contribution >= 0.6 is 11.6 Å². The summed E-state index contributed by atoms with van der Waals surface area (Å²) in [5.41, 5.74) is 0.679. The van der Waals surface area contributed by atoms with E-state index in [0.717, 1.165) is 0 Å². The fraction of sp³-hybridized carbons (Fsp3) is 0.385. The van der Waals surface area contributed by atoms with Gasteiger partial charge in [0.05, 0.1) is 10.9 Å². The van der Waals surface area contributed by atoms with Gasteiger partial charge in [-0.2, -0.15) is 0 Å². The molecule has 2 rings (SSSR count). The maximum Gasteiger partial charge on any atom is 0.317 e. The SMILES string of the molecule is O=C(O)C1CCN(C(=O)NCc2ccc(F)c(Cl)c2)C1. The van der Waals surface area contributed by atoms with Gasteiger partial charge in [0.1, 0.15) is 5.82 Å². The molecular formula is C13H14ClFN2O3. The third-order valence-corrected chi connectivity index (χ3v) is 3.54. The van der Waals surface area contributed by atoms with Crippen LogP contribution in [0.1, 0.15) is 12.0 Å². The largest absolute Gasteiger partial charge is 0.481 e. The third kappa shape index (κ3) is 3.39. The molecule has 1 aromatic rings. The van der Waals surface area contributed by atoms with Gasteiger partial charge in [0.15, 0.2) is 0 Å². The number of nitrogens with zero attached hydrogens (tertiary/aromatic N) is 1. The predicted octanol–water partition coefficient (Wildman–Crippen LogP) is 2.10. The second-order valence-corrected chi connectivity index (χ2v) is 5.08. The minimum atomic E-state index is -0.884. The Hall–Kier alpha value is -1.82. The molecule has 2 amide bonds. The number of aliphatic carboxylic acids is 1. The molecule has 108 valence electrons. The molecule has 0 aromatic heterocycles. The zero-order chi connectivity index (χ0) is 14.7. The van der Waals surface area contributed by atoms with Crippen LogP contribution in [-0.4, -0.2) is 35.1 Å². The predicted molar refractivity (Wildman–Crippen MR) is 71.0 cm³/mol. The molecule has 0 bridgehead atoms. The van der Waals surface area contributed by atoms with Crippen molar-refractivity contribution in [1.29, 1.82) is 0 Å². The van der Waals surface area contributed by atoms with Crippen LogP contribution in [0.2, 0.25) is 5.02 Å². The van der Waals surface area contributed by atoms with Crippen molar-refractivity contribution in [2.24, 2.45) is 5.92 Å². The summed E-state index contributed by atoms with van der Waals surface area (Å²) in [5, 5.41) is 11.5. The van der Waals surface area contributed by atoms with Crippen molar-refractivity contribution in [1.82, 2.24) is 10.2 Å². The van der Waals surface area contributed by atoms with Crippen molar-refractivity contribution >= 4 is 23.6 Å². The minimum absolute atomic E-state index is 0.00358. The van der Waals surface area contributed by atoms with Crippen LogP contribution in [0.15, 0.2) is 18.2 Å². The van der Waals surface area contributed by atoms with Crippen molar-refractivity contribution in [3.63, 3.8) is 0 Å². The molecule has 1 atom stereocenters. The lowest BCUT2D eigenvalue weighted by atomic mass is 10.1. The number of urea groups is 1. The van der Waals surface area contributed by atoms with Crippen LogP contribution in [-0.2, 0) is 11.3 Å². The Labute approximate surface area is 120 Å². The number of hydrogen-bond acceptors (Lipinski definition) is 2. The number of carboxylic acid groups (broad SMARTS) is 1. The molecule has 7 heteroatoms. The maximum atomic E-state index is 13.0. The first kappa shape index (κ1) is 14.6. The fourth-order valence-corrected chi connectivity index (χ4v) is 2.29. The fourth-order valence-electron chi connectivity index (χ4n) is 2.09. The van der Waals surface area contributed by atoms with Crippen LogP contribution in [0.25, 0.3) is 0 Å². The summed E-state index contributed by atoms with van der Waals surface area (Å²) in [4.78, 5) is 24.1. The zero-order valence-electron chi connectivity index (χ0n) is 10.6. The highest BCUT2D eigenvalue weighted by molar-refractivity contribution is 6.30. The van der Waals surface area contributed by atoms with Crippen LogP contribution in [0.5, 0.6) is 0 Å². The first-order valence-corrected chi connectivity index (χ1v) is 6.54. The average Bonchev–Trinajstić information content (AvgIpc) is 2.89. The molecule has 1 aliphatic rings. The average molecular weight is 301 g/mol. The van der Waals surface area contributed by atoms with E-state index in [1.807, 2.05) is 0 Å². The lowest BCUT2D eigenvalue weighted by molar-refractivity contribution is -0.141. The number of hydrogen-bond donors (Lipinski definition) is 2. The molecule has 1 fully saturated rings. The van der Waals surface area contributed by atoms with Crippen LogP contribution < -0.4 is 5.32 Å². The molecule has 2 N–H and O–H groups in total. The Morgan fingerprint density at radius 3 is 2.85 bits per heavy atom. The number of carboxylic acids is 1. The molecule has 1 aromatic carbocycles. The van der Waals surface area contributed by atoms with Gasteiger partial charge in [-0.15, -0.1) is 0 Å². The van der Waals surface area contributed by atoms with E-state index in [0.29, 0.717) is 18.5 Å². The highest BCUT2D eigenvalue weighted by atomic mass is 35.5. The van der Waals surface area contributed by atoms with Crippen molar-refractivity contribution in [3.8, 4) is 0 Å². The molecular weight excluding hydrogens is 287 g/mol. The molecule has 0 saturated carbocycles. The lowest BCUT2D eigenvalue weighted by Gasteiger charge is -2.16. The standard InChI is InChI=1S/C13H14ClFN2O3/c14-10-5-8(1-2-11(10)15)6-16-13(20)17-4-3-9(7-17)12(18)19/h1-2,5,9H,3-4,6-7H2,(H,16,20)(H,18,19). The number of carbonyl (C=O) groups excluding carboxylic acids is 1. The van der Waals surface area contributed by atoms with Gasteiger partial charge in [0.25, 0.3) is 0 Å². The topological polar surface area (TPSA) is 69.6 Å². The molecule has 5 nitrogen and oxygen atoms in total. The number of nitrogens with one attached hydrogen (secondary N) is 1. The van der Waals surface area contributed by atoms with E-state index < -0.39 is 17.7 Å². The van der Waals surface area contributed by atoms with Gasteiger partial charge in [0, 0.05) is 19.6 Å². The van der Waals surface area contributed by atoms with Crippen molar-refractivity contribution in [3.05, 3.63) is 34.6 Å². The van der Waals surface area contributed by atoms with Crippen LogP contribution in [0, 0.1) is 11.7 Å². The Balaban J connectivity index is 1.86. The summed E-state index contributed by atoms with van der Waals surface area (Å²) in [6.07, 6.45) is 0.463. The van der Waals surface area contributed by atoms with Gasteiger partial charge < -0.3 is 15.3 Å². The molecule has 20 heavy (non-hydrogen) atoms. The molecule has 1 saturated heterocycles. The minimum Gasteiger partial charge on any atom is -0.481 e. The third-order valence-electron chi connectivity index (χ3n) is 3.25. The Morgan fingerprint density at radius 2 is 2.25 bits per heavy atom. The van der Waals surface area contributed by atoms with Gasteiger partial charge in [-0.1, -0.05) is 17.7 Å². The summed E-state index contributed by atoms with van der Waals surface area (Å²) in [6.45, 7) is 0.853. The van der Waals surface area contributed by atoms with Gasteiger partial charge in [-0.3, -0.25) is 4.79 Å². The molecule has 0 spiro atoms. The van der Waals surface area contributed by atoms with E-state index in [2.05, 4.69) is 5.32 Å². The molecule has 1 aliphatic heterocycles. The summed E-state index contributed by atoms with van der Waals surface area (Å²) < 4.78 is 13.0. The highest BCUT2D eigenvalue weighted by Crippen LogP contribution is 2.17. The van der Waals surface area contributed by atoms with E-state index >= 15 is 0 Å². The van der Waals surface area contributed by atoms with Crippen LogP contribution in [0.4, 0.5) is 9.18 Å². The normalized spacial score (nSPS) is 18.1. The van der Waals surface area contributed by atoms with E-state index in [-0.39, 0.29) is 24.1 Å². The summed E-state index contributed by atoms with van der Waals surface area (Å²) in [6, 6.07) is 3.89. The summed E-state index contributed by atoms with van der Waals surface area (Å²) in [7, 11) is 0. The second kappa shape index (κ2) is 6.09. The molecule has 1 unspecified atom stereocenters. The number of carbonyl (C=O) groups is 2. The van der Waals surface area contributed by atoms with Gasteiger partial charge in [-0.05, 0) is 24.1 Å². The Bertz CT molecular complexity index is 538. The molecule has 1 heterocycles. The van der Waals surface area contributed by atoms with Gasteiger partial charge in [0.2, 0.25) is 0 Å². The van der Waals surface area contributed by atoms with Gasteiger partial charge >= 0.3 is 12.0 Å². The lowest BCUT2D eigenvalue weighted by Crippen LogP contribution is -2.38. The van der Waals surface area contributed by atoms with Crippen molar-refractivity contribution < 1.29 is 19.1 Å². The highest BCUT2D eigenvalue weighted by Gasteiger charge is 2.30. The van der Waals surface area contributed by atoms with Crippen molar-refractivity contribution in [2.75, 3.05) is 13.1 Å². The number of likely N-dealkylation sites (tertiary alicyclic amines) is 1. The summed E-state index contributed by atoms with van der Waals surface area (Å²) >= 11 is 5.65. The van der Waals surface area contributed by atoms with E-state index in [9.17, 15) is 14.0 Å². The maximum absolute atomic E-state index is 13.0. The second-order valence-electron chi connectivity index (χ2n) is 4.68. The smallest absolute Gasteiger partial charge is 0.317 e. The van der Waals surface area contributed by atoms with E-state index in [1.54, 1.807) is 0 Å². The number of halogens is 2. The first-order valence-electron chi connectivity index (χ1n) is 6.17. The first-order chi connectivity index (χ1) is 9.47. The molecule has 0 aliphatic carbocycles. The Kier molecular flexibility index (Phi) is 4.44.